The van der Waals surface area contributed by atoms with Gasteiger partial charge in [0.1, 0.15) is 0 Å². The van der Waals surface area contributed by atoms with Gasteiger partial charge in [-0.1, -0.05) is 0 Å². The van der Waals surface area contributed by atoms with Crippen LogP contribution in [0.25, 0.3) is 0 Å². The summed E-state index contributed by atoms with van der Waals surface area (Å²) in [6.07, 6.45) is 1.33. The van der Waals surface area contributed by atoms with Gasteiger partial charge in [0.2, 0.25) is 0 Å². The Morgan fingerprint density at radius 1 is 1.11 bits per heavy atom. The zero-order chi connectivity index (χ0) is 14.7. The number of nitrogens with zero attached hydrogens (tertiary/aromatic N) is 1. The molecule has 19 heavy (non-hydrogen) atoms. The number of carbonyl (C=O) groups excluding carboxylic acids is 1. The van der Waals surface area contributed by atoms with E-state index in [0.717, 1.165) is 19.0 Å². The Balaban J connectivity index is 3.84. The smallest absolute Gasteiger partial charge is 0.466 e. The molecule has 0 heterocycles. The number of esters is 1. The Kier molecular flexibility index (Phi) is 10.1. The number of hydrogen-bond donors (Lipinski definition) is 0. The largest absolute Gasteiger partial charge is 0.500 e. The fourth-order valence-electron chi connectivity index (χ4n) is 1.75. The molecular formula is C12H27NO5Si. The van der Waals surface area contributed by atoms with E-state index in [1.165, 1.54) is 0 Å². The number of rotatable bonds is 11. The first-order chi connectivity index (χ1) is 9.03. The lowest BCUT2D eigenvalue weighted by atomic mass is 10.3. The van der Waals surface area contributed by atoms with Crippen LogP contribution in [0.15, 0.2) is 0 Å². The van der Waals surface area contributed by atoms with E-state index < -0.39 is 8.80 Å². The predicted octanol–water partition coefficient (Wildman–Crippen LogP) is 1.14. The highest BCUT2D eigenvalue weighted by Crippen LogP contribution is 2.15. The van der Waals surface area contributed by atoms with Crippen LogP contribution in [0.3, 0.4) is 0 Å². The van der Waals surface area contributed by atoms with E-state index in [1.807, 2.05) is 14.0 Å². The first-order valence-electron chi connectivity index (χ1n) is 6.53. The van der Waals surface area contributed by atoms with Crippen LogP contribution in [0.5, 0.6) is 0 Å². The lowest BCUT2D eigenvalue weighted by Crippen LogP contribution is -2.43. The van der Waals surface area contributed by atoms with Gasteiger partial charge in [-0.15, -0.1) is 0 Å². The van der Waals surface area contributed by atoms with Gasteiger partial charge in [0.15, 0.2) is 0 Å². The van der Waals surface area contributed by atoms with Crippen molar-refractivity contribution in [2.24, 2.45) is 0 Å². The molecule has 0 saturated carbocycles. The maximum atomic E-state index is 11.2. The van der Waals surface area contributed by atoms with Gasteiger partial charge in [-0.05, 0) is 26.9 Å². The summed E-state index contributed by atoms with van der Waals surface area (Å²) < 4.78 is 20.9. The van der Waals surface area contributed by atoms with Crippen molar-refractivity contribution in [3.63, 3.8) is 0 Å². The maximum Gasteiger partial charge on any atom is 0.500 e. The van der Waals surface area contributed by atoms with Gasteiger partial charge < -0.3 is 22.9 Å². The van der Waals surface area contributed by atoms with Crippen LogP contribution < -0.4 is 0 Å². The quantitative estimate of drug-likeness (QED) is 0.420. The topological polar surface area (TPSA) is 57.2 Å². The minimum atomic E-state index is -2.46. The fourth-order valence-corrected chi connectivity index (χ4v) is 3.45. The molecule has 7 heteroatoms. The Morgan fingerprint density at radius 2 is 1.68 bits per heavy atom. The van der Waals surface area contributed by atoms with Crippen molar-refractivity contribution in [1.29, 1.82) is 0 Å². The molecule has 0 aromatic rings. The second-order valence-corrected chi connectivity index (χ2v) is 7.35. The van der Waals surface area contributed by atoms with Crippen LogP contribution in [-0.2, 0) is 22.8 Å². The van der Waals surface area contributed by atoms with Crippen LogP contribution in [0.2, 0.25) is 6.04 Å². The zero-order valence-electron chi connectivity index (χ0n) is 12.7. The maximum absolute atomic E-state index is 11.2. The summed E-state index contributed by atoms with van der Waals surface area (Å²) in [5.41, 5.74) is 0. The minimum Gasteiger partial charge on any atom is -0.466 e. The molecule has 0 aliphatic heterocycles. The van der Waals surface area contributed by atoms with E-state index in [9.17, 15) is 4.79 Å². The fraction of sp³-hybridized carbons (Fsp3) is 0.917. The van der Waals surface area contributed by atoms with Crippen molar-refractivity contribution in [3.8, 4) is 0 Å². The van der Waals surface area contributed by atoms with Gasteiger partial charge in [0.05, 0.1) is 13.0 Å². The summed E-state index contributed by atoms with van der Waals surface area (Å²) in [5.74, 6) is -0.149. The highest BCUT2D eigenvalue weighted by atomic mass is 28.4. The van der Waals surface area contributed by atoms with Crippen LogP contribution in [-0.4, -0.2) is 67.7 Å². The third-order valence-corrected chi connectivity index (χ3v) is 5.79. The van der Waals surface area contributed by atoms with E-state index in [1.54, 1.807) is 21.3 Å². The molecule has 0 aliphatic rings. The molecule has 0 fully saturated rings. The minimum absolute atomic E-state index is 0.149. The number of carbonyl (C=O) groups is 1. The molecule has 0 aromatic carbocycles. The van der Waals surface area contributed by atoms with E-state index >= 15 is 0 Å². The highest BCUT2D eigenvalue weighted by Gasteiger charge is 2.36. The molecule has 0 N–H and O–H groups in total. The number of ether oxygens (including phenoxy) is 1. The molecular weight excluding hydrogens is 266 g/mol. The van der Waals surface area contributed by atoms with E-state index in [2.05, 4.69) is 4.90 Å². The molecule has 114 valence electrons. The monoisotopic (exact) mass is 293 g/mol. The van der Waals surface area contributed by atoms with Crippen molar-refractivity contribution in [2.45, 2.75) is 25.8 Å². The van der Waals surface area contributed by atoms with Gasteiger partial charge in [-0.25, -0.2) is 0 Å². The summed E-state index contributed by atoms with van der Waals surface area (Å²) in [6, 6.07) is 0.764. The summed E-state index contributed by atoms with van der Waals surface area (Å²) in [6.45, 7) is 3.81. The average molecular weight is 293 g/mol. The SMILES string of the molecule is CCOC(=O)CCN(C)CCC[Si](OC)(OC)OC. The molecule has 6 nitrogen and oxygen atoms in total. The van der Waals surface area contributed by atoms with Gasteiger partial charge >= 0.3 is 14.8 Å². The Bertz CT molecular complexity index is 240. The van der Waals surface area contributed by atoms with Crippen molar-refractivity contribution in [2.75, 3.05) is 48.1 Å². The molecule has 0 radical (unpaired) electrons. The van der Waals surface area contributed by atoms with Crippen molar-refractivity contribution in [3.05, 3.63) is 0 Å². The van der Waals surface area contributed by atoms with Crippen LogP contribution in [0.1, 0.15) is 19.8 Å². The van der Waals surface area contributed by atoms with E-state index in [-0.39, 0.29) is 5.97 Å². The molecule has 0 unspecified atom stereocenters. The summed E-state index contributed by atoms with van der Waals surface area (Å²) in [7, 11) is 4.37. The van der Waals surface area contributed by atoms with Gasteiger partial charge in [0, 0.05) is 33.9 Å². The Labute approximate surface area is 117 Å². The number of hydrogen-bond acceptors (Lipinski definition) is 6. The first kappa shape index (κ1) is 18.5. The van der Waals surface area contributed by atoms with Crippen molar-refractivity contribution >= 4 is 14.8 Å². The lowest BCUT2D eigenvalue weighted by molar-refractivity contribution is -0.143. The van der Waals surface area contributed by atoms with Crippen LogP contribution in [0.4, 0.5) is 0 Å². The normalized spacial score (nSPS) is 11.9. The molecule has 0 atom stereocenters. The lowest BCUT2D eigenvalue weighted by Gasteiger charge is -2.25. The third-order valence-electron chi connectivity index (χ3n) is 2.96. The van der Waals surface area contributed by atoms with Crippen LogP contribution in [0, 0.1) is 0 Å². The van der Waals surface area contributed by atoms with Crippen LogP contribution >= 0.6 is 0 Å². The summed E-state index contributed by atoms with van der Waals surface area (Å²) in [5, 5.41) is 0. The third kappa shape index (κ3) is 7.63. The van der Waals surface area contributed by atoms with Gasteiger partial charge in [0.25, 0.3) is 0 Å². The predicted molar refractivity (Wildman–Crippen MR) is 75.0 cm³/mol. The molecule has 0 saturated heterocycles. The van der Waals surface area contributed by atoms with Crippen molar-refractivity contribution in [1.82, 2.24) is 4.90 Å². The van der Waals surface area contributed by atoms with Gasteiger partial charge in [-0.3, -0.25) is 4.79 Å². The molecule has 0 aliphatic carbocycles. The molecule has 0 bridgehead atoms. The van der Waals surface area contributed by atoms with Gasteiger partial charge in [-0.2, -0.15) is 0 Å². The second kappa shape index (κ2) is 10.3. The average Bonchev–Trinajstić information content (AvgIpc) is 2.42. The molecule has 0 amide bonds. The zero-order valence-corrected chi connectivity index (χ0v) is 13.7. The highest BCUT2D eigenvalue weighted by molar-refractivity contribution is 6.60. The van der Waals surface area contributed by atoms with Crippen molar-refractivity contribution < 1.29 is 22.8 Å². The molecule has 0 aromatic heterocycles. The summed E-state index contributed by atoms with van der Waals surface area (Å²) in [4.78, 5) is 13.3. The first-order valence-corrected chi connectivity index (χ1v) is 8.46. The summed E-state index contributed by atoms with van der Waals surface area (Å²) >= 11 is 0. The van der Waals surface area contributed by atoms with E-state index in [4.69, 9.17) is 18.0 Å². The second-order valence-electron chi connectivity index (χ2n) is 4.26. The molecule has 0 spiro atoms. The standard InChI is InChI=1S/C12H27NO5Si/c1-6-18-12(14)8-10-13(2)9-7-11-19(15-3,16-4)17-5/h6-11H2,1-5H3. The molecule has 0 rings (SSSR count). The Hall–Kier alpha value is -0.473. The Morgan fingerprint density at radius 3 is 2.16 bits per heavy atom. The van der Waals surface area contributed by atoms with E-state index in [0.29, 0.717) is 19.6 Å².